The molecule has 94 valence electrons. The molecule has 0 bridgehead atoms. The summed E-state index contributed by atoms with van der Waals surface area (Å²) in [5.74, 6) is 0.289. The molecule has 0 aliphatic carbocycles. The van der Waals surface area contributed by atoms with Gasteiger partial charge in [0.25, 0.3) is 0 Å². The molecule has 17 heavy (non-hydrogen) atoms. The van der Waals surface area contributed by atoms with Crippen molar-refractivity contribution in [1.29, 1.82) is 0 Å². The fourth-order valence-electron chi connectivity index (χ4n) is 1.22. The lowest BCUT2D eigenvalue weighted by atomic mass is 10.3. The minimum atomic E-state index is -0.529. The maximum absolute atomic E-state index is 11.3. The molecule has 1 atom stereocenters. The van der Waals surface area contributed by atoms with Crippen LogP contribution in [0, 0.1) is 0 Å². The number of hydrogen-bond donors (Lipinski definition) is 3. The van der Waals surface area contributed by atoms with Crippen molar-refractivity contribution in [2.45, 2.75) is 32.7 Å². The Morgan fingerprint density at radius 2 is 2.29 bits per heavy atom. The molecule has 0 fully saturated rings. The van der Waals surface area contributed by atoms with Gasteiger partial charge in [0.15, 0.2) is 0 Å². The molecule has 1 rings (SSSR count). The van der Waals surface area contributed by atoms with E-state index in [-0.39, 0.29) is 5.91 Å². The number of hydrogen-bond acceptors (Lipinski definition) is 4. The van der Waals surface area contributed by atoms with Gasteiger partial charge in [0.2, 0.25) is 5.91 Å². The average Bonchev–Trinajstić information content (AvgIpc) is 2.31. The number of rotatable bonds is 6. The van der Waals surface area contributed by atoms with Gasteiger partial charge in [-0.2, -0.15) is 0 Å². The number of nitrogens with zero attached hydrogens (tertiary/aromatic N) is 1. The summed E-state index contributed by atoms with van der Waals surface area (Å²) in [6.45, 7) is 4.71. The molecular weight excluding hydrogens is 216 g/mol. The van der Waals surface area contributed by atoms with Crippen LogP contribution in [-0.2, 0) is 4.79 Å². The van der Waals surface area contributed by atoms with Gasteiger partial charge in [-0.3, -0.25) is 4.79 Å². The highest BCUT2D eigenvalue weighted by molar-refractivity contribution is 5.93. The monoisotopic (exact) mass is 236 g/mol. The second-order valence-corrected chi connectivity index (χ2v) is 3.99. The zero-order valence-electron chi connectivity index (χ0n) is 10.4. The second-order valence-electron chi connectivity index (χ2n) is 3.99. The SMILES string of the molecule is CCCCNc1ccc(NC(=O)C(C)N)nc1. The van der Waals surface area contributed by atoms with Gasteiger partial charge in [-0.1, -0.05) is 13.3 Å². The van der Waals surface area contributed by atoms with Crippen LogP contribution in [0.15, 0.2) is 18.3 Å². The molecule has 0 radical (unpaired) electrons. The van der Waals surface area contributed by atoms with Crippen molar-refractivity contribution < 1.29 is 4.79 Å². The molecule has 1 unspecified atom stereocenters. The number of unbranched alkanes of at least 4 members (excludes halogenated alkanes) is 1. The molecule has 4 N–H and O–H groups in total. The van der Waals surface area contributed by atoms with Crippen molar-refractivity contribution in [3.8, 4) is 0 Å². The van der Waals surface area contributed by atoms with Crippen molar-refractivity contribution in [2.75, 3.05) is 17.2 Å². The average molecular weight is 236 g/mol. The molecule has 1 heterocycles. The van der Waals surface area contributed by atoms with Crippen LogP contribution in [0.1, 0.15) is 26.7 Å². The fourth-order valence-corrected chi connectivity index (χ4v) is 1.22. The maximum atomic E-state index is 11.3. The summed E-state index contributed by atoms with van der Waals surface area (Å²) in [5.41, 5.74) is 6.40. The van der Waals surface area contributed by atoms with E-state index in [1.807, 2.05) is 6.07 Å². The van der Waals surface area contributed by atoms with E-state index >= 15 is 0 Å². The minimum absolute atomic E-state index is 0.232. The van der Waals surface area contributed by atoms with E-state index in [4.69, 9.17) is 5.73 Å². The van der Waals surface area contributed by atoms with Gasteiger partial charge >= 0.3 is 0 Å². The van der Waals surface area contributed by atoms with Crippen molar-refractivity contribution in [3.63, 3.8) is 0 Å². The number of carbonyl (C=O) groups excluding carboxylic acids is 1. The summed E-state index contributed by atoms with van der Waals surface area (Å²) in [6, 6.07) is 3.12. The zero-order valence-corrected chi connectivity index (χ0v) is 10.4. The van der Waals surface area contributed by atoms with E-state index < -0.39 is 6.04 Å². The zero-order chi connectivity index (χ0) is 12.7. The van der Waals surface area contributed by atoms with E-state index in [1.165, 1.54) is 0 Å². The van der Waals surface area contributed by atoms with E-state index in [1.54, 1.807) is 19.2 Å². The molecule has 0 saturated carbocycles. The first kappa shape index (κ1) is 13.4. The first-order chi connectivity index (χ1) is 8.13. The quantitative estimate of drug-likeness (QED) is 0.655. The van der Waals surface area contributed by atoms with Gasteiger partial charge < -0.3 is 16.4 Å². The number of pyridine rings is 1. The lowest BCUT2D eigenvalue weighted by Gasteiger charge is -2.08. The Labute approximate surface area is 102 Å². The lowest BCUT2D eigenvalue weighted by Crippen LogP contribution is -2.32. The third kappa shape index (κ3) is 4.82. The van der Waals surface area contributed by atoms with Gasteiger partial charge in [-0.25, -0.2) is 4.98 Å². The lowest BCUT2D eigenvalue weighted by molar-refractivity contribution is -0.117. The van der Waals surface area contributed by atoms with Crippen LogP contribution in [0.5, 0.6) is 0 Å². The maximum Gasteiger partial charge on any atom is 0.242 e. The highest BCUT2D eigenvalue weighted by atomic mass is 16.2. The third-order valence-corrected chi connectivity index (χ3v) is 2.29. The summed E-state index contributed by atoms with van der Waals surface area (Å²) >= 11 is 0. The standard InChI is InChI=1S/C12H20N4O/c1-3-4-7-14-10-5-6-11(15-8-10)16-12(17)9(2)13/h5-6,8-9,14H,3-4,7,13H2,1-2H3,(H,15,16,17). The van der Waals surface area contributed by atoms with Gasteiger partial charge in [-0.15, -0.1) is 0 Å². The largest absolute Gasteiger partial charge is 0.384 e. The molecule has 5 heteroatoms. The second kappa shape index (κ2) is 6.85. The predicted octanol–water partition coefficient (Wildman–Crippen LogP) is 1.58. The Balaban J connectivity index is 2.47. The van der Waals surface area contributed by atoms with Crippen LogP contribution in [0.2, 0.25) is 0 Å². The number of aromatic nitrogens is 1. The Hall–Kier alpha value is -1.62. The van der Waals surface area contributed by atoms with Crippen LogP contribution >= 0.6 is 0 Å². The molecular formula is C12H20N4O. The number of carbonyl (C=O) groups is 1. The molecule has 1 aromatic rings. The van der Waals surface area contributed by atoms with Gasteiger partial charge in [-0.05, 0) is 25.5 Å². The molecule has 0 aliphatic rings. The molecule has 0 aliphatic heterocycles. The summed E-state index contributed by atoms with van der Waals surface area (Å²) in [6.07, 6.45) is 3.98. The summed E-state index contributed by atoms with van der Waals surface area (Å²) in [4.78, 5) is 15.4. The molecule has 0 spiro atoms. The Kier molecular flexibility index (Phi) is 5.42. The van der Waals surface area contributed by atoms with E-state index in [2.05, 4.69) is 22.5 Å². The van der Waals surface area contributed by atoms with E-state index in [9.17, 15) is 4.79 Å². The number of nitrogens with two attached hydrogens (primary N) is 1. The normalized spacial score (nSPS) is 11.9. The van der Waals surface area contributed by atoms with E-state index in [0.29, 0.717) is 5.82 Å². The molecule has 0 aromatic carbocycles. The van der Waals surface area contributed by atoms with Crippen molar-refractivity contribution in [1.82, 2.24) is 4.98 Å². The number of nitrogens with one attached hydrogen (secondary N) is 2. The number of amides is 1. The predicted molar refractivity (Wildman–Crippen MR) is 69.9 cm³/mol. The van der Waals surface area contributed by atoms with Crippen molar-refractivity contribution in [3.05, 3.63) is 18.3 Å². The summed E-state index contributed by atoms with van der Waals surface area (Å²) < 4.78 is 0. The topological polar surface area (TPSA) is 80.0 Å². The fraction of sp³-hybridized carbons (Fsp3) is 0.500. The van der Waals surface area contributed by atoms with Crippen molar-refractivity contribution >= 4 is 17.4 Å². The third-order valence-electron chi connectivity index (χ3n) is 2.29. The highest BCUT2D eigenvalue weighted by Crippen LogP contribution is 2.09. The minimum Gasteiger partial charge on any atom is -0.384 e. The summed E-state index contributed by atoms with van der Waals surface area (Å²) in [5, 5.41) is 5.88. The highest BCUT2D eigenvalue weighted by Gasteiger charge is 2.07. The van der Waals surface area contributed by atoms with Crippen LogP contribution in [0.3, 0.4) is 0 Å². The molecule has 0 saturated heterocycles. The first-order valence-corrected chi connectivity index (χ1v) is 5.90. The number of anilines is 2. The van der Waals surface area contributed by atoms with Crippen LogP contribution in [0.4, 0.5) is 11.5 Å². The molecule has 1 aromatic heterocycles. The Bertz CT molecular complexity index is 348. The smallest absolute Gasteiger partial charge is 0.242 e. The van der Waals surface area contributed by atoms with Crippen molar-refractivity contribution in [2.24, 2.45) is 5.73 Å². The Morgan fingerprint density at radius 3 is 2.82 bits per heavy atom. The van der Waals surface area contributed by atoms with Gasteiger partial charge in [0.05, 0.1) is 17.9 Å². The van der Waals surface area contributed by atoms with Gasteiger partial charge in [0, 0.05) is 6.54 Å². The first-order valence-electron chi connectivity index (χ1n) is 5.90. The van der Waals surface area contributed by atoms with Crippen LogP contribution in [0.25, 0.3) is 0 Å². The van der Waals surface area contributed by atoms with Gasteiger partial charge in [0.1, 0.15) is 5.82 Å². The Morgan fingerprint density at radius 1 is 1.53 bits per heavy atom. The molecule has 5 nitrogen and oxygen atoms in total. The van der Waals surface area contributed by atoms with Crippen LogP contribution in [-0.4, -0.2) is 23.5 Å². The van der Waals surface area contributed by atoms with Crippen LogP contribution < -0.4 is 16.4 Å². The summed E-state index contributed by atoms with van der Waals surface area (Å²) in [7, 11) is 0. The van der Waals surface area contributed by atoms with E-state index in [0.717, 1.165) is 25.1 Å². The molecule has 1 amide bonds.